The van der Waals surface area contributed by atoms with E-state index in [4.69, 9.17) is 16.6 Å². The molecule has 0 aliphatic rings. The molecule has 0 aliphatic heterocycles. The van der Waals surface area contributed by atoms with Crippen LogP contribution in [0.3, 0.4) is 0 Å². The average molecular weight is 521 g/mol. The highest BCUT2D eigenvalue weighted by molar-refractivity contribution is 9.10. The first-order valence-electron chi connectivity index (χ1n) is 9.75. The second-order valence-corrected chi connectivity index (χ2v) is 9.29. The number of nitrogens with one attached hydrogen (secondary N) is 1. The van der Waals surface area contributed by atoms with E-state index < -0.39 is 0 Å². The number of nitrogens with zero attached hydrogens (tertiary/aromatic N) is 2. The molecule has 7 heteroatoms. The number of thiazole rings is 1. The van der Waals surface area contributed by atoms with Crippen LogP contribution in [0.1, 0.15) is 10.4 Å². The van der Waals surface area contributed by atoms with Crippen LogP contribution in [-0.2, 0) is 0 Å². The highest BCUT2D eigenvalue weighted by Crippen LogP contribution is 2.30. The van der Waals surface area contributed by atoms with Gasteiger partial charge in [0.25, 0.3) is 5.91 Å². The third-order valence-electron chi connectivity index (χ3n) is 4.95. The van der Waals surface area contributed by atoms with Gasteiger partial charge in [-0.15, -0.1) is 11.3 Å². The maximum Gasteiger partial charge on any atom is 0.258 e. The summed E-state index contributed by atoms with van der Waals surface area (Å²) >= 11 is 11.1. The number of rotatable bonds is 4. The molecule has 5 aromatic rings. The van der Waals surface area contributed by atoms with E-state index in [1.807, 2.05) is 66.0 Å². The highest BCUT2D eigenvalue weighted by Gasteiger charge is 2.16. The molecule has 1 amide bonds. The summed E-state index contributed by atoms with van der Waals surface area (Å²) in [6.45, 7) is 0. The van der Waals surface area contributed by atoms with Crippen molar-refractivity contribution in [2.24, 2.45) is 0 Å². The number of carbonyl (C=O) groups excluding carboxylic acids is 1. The van der Waals surface area contributed by atoms with Crippen LogP contribution in [0, 0.1) is 0 Å². The van der Waals surface area contributed by atoms with E-state index in [2.05, 4.69) is 26.2 Å². The number of benzene rings is 3. The van der Waals surface area contributed by atoms with Gasteiger partial charge in [-0.25, -0.2) is 9.97 Å². The maximum absolute atomic E-state index is 13.3. The number of pyridine rings is 1. The van der Waals surface area contributed by atoms with Gasteiger partial charge in [0.15, 0.2) is 5.13 Å². The number of aromatic nitrogens is 2. The summed E-state index contributed by atoms with van der Waals surface area (Å²) in [4.78, 5) is 22.6. The number of anilines is 1. The van der Waals surface area contributed by atoms with Crippen LogP contribution in [-0.4, -0.2) is 15.9 Å². The van der Waals surface area contributed by atoms with Crippen molar-refractivity contribution in [3.63, 3.8) is 0 Å². The molecule has 0 unspecified atom stereocenters. The van der Waals surface area contributed by atoms with Crippen LogP contribution < -0.4 is 5.32 Å². The molecule has 1 N–H and O–H groups in total. The second-order valence-electron chi connectivity index (χ2n) is 7.08. The molecule has 0 saturated carbocycles. The molecule has 32 heavy (non-hydrogen) atoms. The van der Waals surface area contributed by atoms with Gasteiger partial charge in [-0.05, 0) is 36.4 Å². The molecule has 5 rings (SSSR count). The van der Waals surface area contributed by atoms with E-state index in [-0.39, 0.29) is 5.91 Å². The largest absolute Gasteiger partial charge is 0.298 e. The van der Waals surface area contributed by atoms with Crippen molar-refractivity contribution in [1.29, 1.82) is 0 Å². The summed E-state index contributed by atoms with van der Waals surface area (Å²) in [7, 11) is 0. The van der Waals surface area contributed by atoms with Crippen molar-refractivity contribution < 1.29 is 4.79 Å². The Bertz CT molecular complexity index is 1440. The molecule has 0 bridgehead atoms. The Hall–Kier alpha value is -3.06. The van der Waals surface area contributed by atoms with Crippen molar-refractivity contribution in [3.8, 4) is 22.5 Å². The van der Waals surface area contributed by atoms with Crippen molar-refractivity contribution in [3.05, 3.63) is 99.3 Å². The van der Waals surface area contributed by atoms with Crippen LogP contribution in [0.5, 0.6) is 0 Å². The van der Waals surface area contributed by atoms with Gasteiger partial charge in [-0.1, -0.05) is 70.0 Å². The Balaban J connectivity index is 1.53. The molecule has 0 radical (unpaired) electrons. The number of fused-ring (bicyclic) bond motifs is 1. The summed E-state index contributed by atoms with van der Waals surface area (Å²) in [5, 5.41) is 6.64. The van der Waals surface area contributed by atoms with Crippen LogP contribution in [0.4, 0.5) is 5.13 Å². The quantitative estimate of drug-likeness (QED) is 0.264. The zero-order valence-corrected chi connectivity index (χ0v) is 19.7. The maximum atomic E-state index is 13.3. The molecule has 0 atom stereocenters. The molecule has 2 aromatic heterocycles. The van der Waals surface area contributed by atoms with E-state index in [1.165, 1.54) is 11.3 Å². The third-order valence-corrected chi connectivity index (χ3v) is 6.47. The van der Waals surface area contributed by atoms with Gasteiger partial charge < -0.3 is 0 Å². The minimum atomic E-state index is -0.257. The number of halogens is 2. The number of hydrogen-bond acceptors (Lipinski definition) is 4. The van der Waals surface area contributed by atoms with Crippen molar-refractivity contribution >= 4 is 60.8 Å². The van der Waals surface area contributed by atoms with Gasteiger partial charge in [0.1, 0.15) is 0 Å². The fourth-order valence-electron chi connectivity index (χ4n) is 3.39. The Morgan fingerprint density at radius 1 is 0.875 bits per heavy atom. The smallest absolute Gasteiger partial charge is 0.258 e. The molecule has 0 saturated heterocycles. The van der Waals surface area contributed by atoms with Crippen molar-refractivity contribution in [2.75, 3.05) is 5.32 Å². The zero-order chi connectivity index (χ0) is 22.1. The standard InChI is InChI=1S/C25H15BrClN3OS/c26-17-8-6-16(7-9-17)22-13-20(19-12-18(27)10-11-21(19)28-22)24(31)30-25-29-23(14-32-25)15-4-2-1-3-5-15/h1-14H,(H,29,30,31). The van der Waals surface area contributed by atoms with Gasteiger partial charge in [-0.2, -0.15) is 0 Å². The Morgan fingerprint density at radius 3 is 2.41 bits per heavy atom. The molecule has 0 aliphatic carbocycles. The van der Waals surface area contributed by atoms with Gasteiger partial charge in [-0.3, -0.25) is 10.1 Å². The summed E-state index contributed by atoms with van der Waals surface area (Å²) in [5.41, 5.74) is 4.64. The van der Waals surface area contributed by atoms with E-state index in [1.54, 1.807) is 18.2 Å². The molecule has 4 nitrogen and oxygen atoms in total. The first-order chi connectivity index (χ1) is 15.6. The SMILES string of the molecule is O=C(Nc1nc(-c2ccccc2)cs1)c1cc(-c2ccc(Br)cc2)nc2ccc(Cl)cc12. The van der Waals surface area contributed by atoms with E-state index >= 15 is 0 Å². The Labute approximate surface area is 202 Å². The molecule has 156 valence electrons. The monoisotopic (exact) mass is 519 g/mol. The number of hydrogen-bond donors (Lipinski definition) is 1. The van der Waals surface area contributed by atoms with Gasteiger partial charge >= 0.3 is 0 Å². The summed E-state index contributed by atoms with van der Waals surface area (Å²) < 4.78 is 0.977. The molecule has 0 fully saturated rings. The number of carbonyl (C=O) groups is 1. The van der Waals surface area contributed by atoms with Crippen molar-refractivity contribution in [2.45, 2.75) is 0 Å². The fourth-order valence-corrected chi connectivity index (χ4v) is 4.54. The Morgan fingerprint density at radius 2 is 1.62 bits per heavy atom. The van der Waals surface area contributed by atoms with Crippen LogP contribution in [0.25, 0.3) is 33.4 Å². The summed E-state index contributed by atoms with van der Waals surface area (Å²) in [5.74, 6) is -0.257. The van der Waals surface area contributed by atoms with Crippen LogP contribution in [0.2, 0.25) is 5.02 Å². The van der Waals surface area contributed by atoms with Gasteiger partial charge in [0.2, 0.25) is 0 Å². The zero-order valence-electron chi connectivity index (χ0n) is 16.5. The highest BCUT2D eigenvalue weighted by atomic mass is 79.9. The van der Waals surface area contributed by atoms with E-state index in [0.717, 1.165) is 21.3 Å². The van der Waals surface area contributed by atoms with E-state index in [0.29, 0.717) is 32.3 Å². The second kappa shape index (κ2) is 8.82. The summed E-state index contributed by atoms with van der Waals surface area (Å²) in [6.07, 6.45) is 0. The third kappa shape index (κ3) is 4.30. The predicted molar refractivity (Wildman–Crippen MR) is 135 cm³/mol. The molecular formula is C25H15BrClN3OS. The molecule has 2 heterocycles. The minimum Gasteiger partial charge on any atom is -0.298 e. The van der Waals surface area contributed by atoms with Gasteiger partial charge in [0, 0.05) is 31.4 Å². The molecular weight excluding hydrogens is 506 g/mol. The topological polar surface area (TPSA) is 54.9 Å². The lowest BCUT2D eigenvalue weighted by atomic mass is 10.0. The van der Waals surface area contributed by atoms with Gasteiger partial charge in [0.05, 0.1) is 22.5 Å². The molecule has 0 spiro atoms. The molecule has 3 aromatic carbocycles. The minimum absolute atomic E-state index is 0.257. The number of amides is 1. The van der Waals surface area contributed by atoms with Crippen molar-refractivity contribution in [1.82, 2.24) is 9.97 Å². The summed E-state index contributed by atoms with van der Waals surface area (Å²) in [6, 6.07) is 24.8. The Kier molecular flexibility index (Phi) is 5.74. The van der Waals surface area contributed by atoms with E-state index in [9.17, 15) is 4.79 Å². The predicted octanol–water partition coefficient (Wildman–Crippen LogP) is 7.69. The normalized spacial score (nSPS) is 10.9. The lowest BCUT2D eigenvalue weighted by Crippen LogP contribution is -2.13. The first kappa shape index (κ1) is 20.8. The lowest BCUT2D eigenvalue weighted by molar-refractivity contribution is 0.102. The van der Waals surface area contributed by atoms with Crippen LogP contribution in [0.15, 0.2) is 88.7 Å². The fraction of sp³-hybridized carbons (Fsp3) is 0. The van der Waals surface area contributed by atoms with Crippen LogP contribution >= 0.6 is 38.9 Å². The lowest BCUT2D eigenvalue weighted by Gasteiger charge is -2.10. The average Bonchev–Trinajstić information content (AvgIpc) is 3.28. The first-order valence-corrected chi connectivity index (χ1v) is 11.8.